The summed E-state index contributed by atoms with van der Waals surface area (Å²) in [5.74, 6) is 1.52. The van der Waals surface area contributed by atoms with Crippen molar-refractivity contribution in [3.63, 3.8) is 0 Å². The molecule has 0 fully saturated rings. The standard InChI is InChI=1S/C14H11Cl3N2O/c15-10-7-11(16)14(18-13(10)17)19-5-6-20-12-4-2-1-3-9(12)8-19/h1-4,7H,5-6,8H2. The van der Waals surface area contributed by atoms with Gasteiger partial charge in [0, 0.05) is 12.1 Å². The van der Waals surface area contributed by atoms with Crippen LogP contribution in [-0.2, 0) is 6.54 Å². The maximum Gasteiger partial charge on any atom is 0.150 e. The second-order valence-electron chi connectivity index (χ2n) is 4.44. The fourth-order valence-electron chi connectivity index (χ4n) is 2.16. The van der Waals surface area contributed by atoms with Crippen molar-refractivity contribution in [2.24, 2.45) is 0 Å². The van der Waals surface area contributed by atoms with Gasteiger partial charge in [-0.05, 0) is 12.1 Å². The minimum Gasteiger partial charge on any atom is -0.491 e. The first-order valence-corrected chi connectivity index (χ1v) is 7.26. The smallest absolute Gasteiger partial charge is 0.150 e. The van der Waals surface area contributed by atoms with Crippen LogP contribution < -0.4 is 9.64 Å². The molecule has 1 aliphatic heterocycles. The molecule has 0 atom stereocenters. The van der Waals surface area contributed by atoms with Gasteiger partial charge < -0.3 is 9.64 Å². The molecule has 20 heavy (non-hydrogen) atoms. The fraction of sp³-hybridized carbons (Fsp3) is 0.214. The van der Waals surface area contributed by atoms with E-state index in [0.29, 0.717) is 35.6 Å². The Labute approximate surface area is 132 Å². The number of pyridine rings is 1. The van der Waals surface area contributed by atoms with E-state index >= 15 is 0 Å². The topological polar surface area (TPSA) is 25.4 Å². The lowest BCUT2D eigenvalue weighted by Gasteiger charge is -2.22. The van der Waals surface area contributed by atoms with Crippen molar-refractivity contribution in [2.75, 3.05) is 18.1 Å². The number of hydrogen-bond acceptors (Lipinski definition) is 3. The Bertz CT molecular complexity index is 648. The number of para-hydroxylation sites is 1. The number of ether oxygens (including phenoxy) is 1. The molecule has 0 radical (unpaired) electrons. The molecule has 3 rings (SSSR count). The van der Waals surface area contributed by atoms with Crippen LogP contribution in [0.5, 0.6) is 5.75 Å². The quantitative estimate of drug-likeness (QED) is 0.723. The number of anilines is 1. The zero-order valence-corrected chi connectivity index (χ0v) is 12.7. The molecule has 1 aromatic heterocycles. The third-order valence-corrected chi connectivity index (χ3v) is 4.07. The Morgan fingerprint density at radius 3 is 2.75 bits per heavy atom. The summed E-state index contributed by atoms with van der Waals surface area (Å²) in [7, 11) is 0. The average molecular weight is 330 g/mol. The van der Waals surface area contributed by atoms with E-state index in [9.17, 15) is 0 Å². The van der Waals surface area contributed by atoms with E-state index in [2.05, 4.69) is 4.98 Å². The summed E-state index contributed by atoms with van der Waals surface area (Å²) in [5.41, 5.74) is 1.09. The zero-order valence-electron chi connectivity index (χ0n) is 10.4. The third kappa shape index (κ3) is 2.66. The van der Waals surface area contributed by atoms with Gasteiger partial charge in [0.25, 0.3) is 0 Å². The Hall–Kier alpha value is -1.16. The van der Waals surface area contributed by atoms with E-state index in [1.807, 2.05) is 29.2 Å². The van der Waals surface area contributed by atoms with E-state index in [-0.39, 0.29) is 5.15 Å². The normalized spacial score (nSPS) is 14.4. The Kier molecular flexibility index (Phi) is 3.92. The largest absolute Gasteiger partial charge is 0.491 e. The van der Waals surface area contributed by atoms with Gasteiger partial charge in [-0.15, -0.1) is 0 Å². The third-order valence-electron chi connectivity index (χ3n) is 3.12. The van der Waals surface area contributed by atoms with Gasteiger partial charge >= 0.3 is 0 Å². The highest BCUT2D eigenvalue weighted by atomic mass is 35.5. The van der Waals surface area contributed by atoms with Crippen LogP contribution in [0.15, 0.2) is 30.3 Å². The van der Waals surface area contributed by atoms with Crippen LogP contribution in [0.3, 0.4) is 0 Å². The maximum atomic E-state index is 6.23. The van der Waals surface area contributed by atoms with Gasteiger partial charge in [-0.3, -0.25) is 0 Å². The van der Waals surface area contributed by atoms with Gasteiger partial charge in [-0.25, -0.2) is 4.98 Å². The lowest BCUT2D eigenvalue weighted by atomic mass is 10.2. The molecule has 3 nitrogen and oxygen atoms in total. The van der Waals surface area contributed by atoms with Gasteiger partial charge in [-0.2, -0.15) is 0 Å². The lowest BCUT2D eigenvalue weighted by molar-refractivity contribution is 0.331. The van der Waals surface area contributed by atoms with Crippen molar-refractivity contribution in [3.05, 3.63) is 51.1 Å². The molecular weight excluding hydrogens is 319 g/mol. The second kappa shape index (κ2) is 5.68. The molecule has 2 heterocycles. The van der Waals surface area contributed by atoms with Gasteiger partial charge in [0.1, 0.15) is 23.3 Å². The molecule has 0 bridgehead atoms. The molecule has 0 spiro atoms. The maximum absolute atomic E-state index is 6.23. The summed E-state index contributed by atoms with van der Waals surface area (Å²) < 4.78 is 5.72. The number of benzene rings is 1. The van der Waals surface area contributed by atoms with E-state index in [1.54, 1.807) is 6.07 Å². The molecule has 0 aliphatic carbocycles. The molecule has 104 valence electrons. The number of aromatic nitrogens is 1. The van der Waals surface area contributed by atoms with Gasteiger partial charge in [0.2, 0.25) is 0 Å². The Balaban J connectivity index is 1.97. The first-order valence-electron chi connectivity index (χ1n) is 6.12. The highest BCUT2D eigenvalue weighted by Crippen LogP contribution is 2.33. The highest BCUT2D eigenvalue weighted by molar-refractivity contribution is 6.42. The molecule has 0 amide bonds. The minimum absolute atomic E-state index is 0.254. The van der Waals surface area contributed by atoms with E-state index in [4.69, 9.17) is 39.5 Å². The summed E-state index contributed by atoms with van der Waals surface area (Å²) in [5, 5.41) is 1.09. The fourth-order valence-corrected chi connectivity index (χ4v) is 2.78. The van der Waals surface area contributed by atoms with Gasteiger partial charge in [-0.1, -0.05) is 53.0 Å². The lowest BCUT2D eigenvalue weighted by Crippen LogP contribution is -2.26. The van der Waals surface area contributed by atoms with E-state index in [1.165, 1.54) is 0 Å². The van der Waals surface area contributed by atoms with E-state index < -0.39 is 0 Å². The van der Waals surface area contributed by atoms with E-state index in [0.717, 1.165) is 11.3 Å². The van der Waals surface area contributed by atoms with Crippen LogP contribution in [0.25, 0.3) is 0 Å². The molecule has 1 aliphatic rings. The van der Waals surface area contributed by atoms with Crippen molar-refractivity contribution in [2.45, 2.75) is 6.54 Å². The first-order chi connectivity index (χ1) is 9.65. The van der Waals surface area contributed by atoms with Crippen molar-refractivity contribution < 1.29 is 4.74 Å². The SMILES string of the molecule is Clc1cc(Cl)c(N2CCOc3ccccc3C2)nc1Cl. The predicted octanol–water partition coefficient (Wildman–Crippen LogP) is 4.44. The first kappa shape index (κ1) is 13.8. The number of rotatable bonds is 1. The molecular formula is C14H11Cl3N2O. The second-order valence-corrected chi connectivity index (χ2v) is 5.62. The van der Waals surface area contributed by atoms with Crippen LogP contribution in [0.1, 0.15) is 5.56 Å². The van der Waals surface area contributed by atoms with Crippen LogP contribution in [0.4, 0.5) is 5.82 Å². The average Bonchev–Trinajstić information content (AvgIpc) is 2.65. The predicted molar refractivity (Wildman–Crippen MR) is 82.3 cm³/mol. The molecule has 0 unspecified atom stereocenters. The molecule has 2 aromatic rings. The van der Waals surface area contributed by atoms with Crippen LogP contribution in [-0.4, -0.2) is 18.1 Å². The number of fused-ring (bicyclic) bond motifs is 1. The van der Waals surface area contributed by atoms with Gasteiger partial charge in [0.15, 0.2) is 0 Å². The van der Waals surface area contributed by atoms with Crippen LogP contribution in [0, 0.1) is 0 Å². The molecule has 0 saturated carbocycles. The summed E-state index contributed by atoms with van der Waals surface area (Å²) in [4.78, 5) is 6.32. The van der Waals surface area contributed by atoms with Crippen molar-refractivity contribution >= 4 is 40.6 Å². The zero-order chi connectivity index (χ0) is 14.1. The number of nitrogens with zero attached hydrogens (tertiary/aromatic N) is 2. The van der Waals surface area contributed by atoms with Crippen molar-refractivity contribution in [3.8, 4) is 5.75 Å². The van der Waals surface area contributed by atoms with Crippen LogP contribution in [0.2, 0.25) is 15.2 Å². The number of hydrogen-bond donors (Lipinski definition) is 0. The molecule has 0 saturated heterocycles. The molecule has 6 heteroatoms. The monoisotopic (exact) mass is 328 g/mol. The summed E-state index contributed by atoms with van der Waals surface area (Å²) in [6, 6.07) is 9.54. The highest BCUT2D eigenvalue weighted by Gasteiger charge is 2.19. The van der Waals surface area contributed by atoms with Crippen molar-refractivity contribution in [1.29, 1.82) is 0 Å². The van der Waals surface area contributed by atoms with Crippen molar-refractivity contribution in [1.82, 2.24) is 4.98 Å². The van der Waals surface area contributed by atoms with Crippen LogP contribution >= 0.6 is 34.8 Å². The van der Waals surface area contributed by atoms with Gasteiger partial charge in [0.05, 0.1) is 16.6 Å². The molecule has 0 N–H and O–H groups in total. The Morgan fingerprint density at radius 2 is 1.90 bits per heavy atom. The summed E-state index contributed by atoms with van der Waals surface area (Å²) >= 11 is 18.1. The summed E-state index contributed by atoms with van der Waals surface area (Å²) in [6.45, 7) is 1.91. The minimum atomic E-state index is 0.254. The molecule has 1 aromatic carbocycles. The number of halogens is 3. The summed E-state index contributed by atoms with van der Waals surface area (Å²) in [6.07, 6.45) is 0. The Morgan fingerprint density at radius 1 is 1.10 bits per heavy atom.